The lowest BCUT2D eigenvalue weighted by Gasteiger charge is -2.36. The van der Waals surface area contributed by atoms with Gasteiger partial charge < -0.3 is 4.90 Å². The fourth-order valence-corrected chi connectivity index (χ4v) is 2.82. The van der Waals surface area contributed by atoms with Crippen LogP contribution in [0.5, 0.6) is 0 Å². The monoisotopic (exact) mass is 296 g/mol. The zero-order chi connectivity index (χ0) is 12.3. The van der Waals surface area contributed by atoms with Crippen LogP contribution < -0.4 is 0 Å². The van der Waals surface area contributed by atoms with Crippen LogP contribution in [-0.2, 0) is 6.42 Å². The molecule has 0 N–H and O–H groups in total. The summed E-state index contributed by atoms with van der Waals surface area (Å²) in [5.41, 5.74) is 1.42. The van der Waals surface area contributed by atoms with Crippen LogP contribution >= 0.6 is 15.9 Å². The third kappa shape index (κ3) is 3.54. The average Bonchev–Trinajstić information content (AvgIpc) is 2.33. The topological polar surface area (TPSA) is 6.48 Å². The van der Waals surface area contributed by atoms with Gasteiger partial charge in [0.25, 0.3) is 0 Å². The molecule has 0 radical (unpaired) electrons. The Balaban J connectivity index is 1.93. The van der Waals surface area contributed by atoms with Gasteiger partial charge in [-0.25, -0.2) is 0 Å². The minimum Gasteiger partial charge on any atom is -0.304 e. The molecule has 1 aliphatic rings. The molecule has 0 aliphatic carbocycles. The normalized spacial score (nSPS) is 20.4. The summed E-state index contributed by atoms with van der Waals surface area (Å²) in [5, 5.41) is 0. The predicted octanol–water partition coefficient (Wildman–Crippen LogP) is 2.63. The maximum Gasteiger partial charge on any atom is 0.0207 e. The van der Waals surface area contributed by atoms with Gasteiger partial charge in [-0.3, -0.25) is 4.90 Å². The van der Waals surface area contributed by atoms with E-state index in [1.54, 1.807) is 0 Å². The molecule has 1 unspecified atom stereocenters. The van der Waals surface area contributed by atoms with Gasteiger partial charge in [0, 0.05) is 36.7 Å². The van der Waals surface area contributed by atoms with Gasteiger partial charge in [-0.05, 0) is 32.0 Å². The lowest BCUT2D eigenvalue weighted by atomic mass is 10.1. The molecule has 17 heavy (non-hydrogen) atoms. The summed E-state index contributed by atoms with van der Waals surface area (Å²) in [7, 11) is 2.20. The van der Waals surface area contributed by atoms with Crippen LogP contribution in [0.25, 0.3) is 0 Å². The summed E-state index contributed by atoms with van der Waals surface area (Å²) < 4.78 is 1.24. The molecule has 1 atom stereocenters. The fourth-order valence-electron chi connectivity index (χ4n) is 2.37. The molecule has 1 aliphatic heterocycles. The lowest BCUT2D eigenvalue weighted by molar-refractivity contribution is 0.118. The molecule has 0 amide bonds. The molecule has 0 spiro atoms. The Bertz CT molecular complexity index is 359. The SMILES string of the molecule is CC(Cc1ccccc1Br)N1CCN(C)CC1. The number of benzene rings is 1. The second-order valence-electron chi connectivity index (χ2n) is 4.98. The van der Waals surface area contributed by atoms with Crippen LogP contribution in [0.1, 0.15) is 12.5 Å². The third-order valence-corrected chi connectivity index (χ3v) is 4.41. The molecular formula is C14H21BrN2. The highest BCUT2D eigenvalue weighted by Gasteiger charge is 2.19. The van der Waals surface area contributed by atoms with Crippen molar-refractivity contribution in [1.29, 1.82) is 0 Å². The Morgan fingerprint density at radius 3 is 2.47 bits per heavy atom. The molecule has 1 aromatic rings. The van der Waals surface area contributed by atoms with Gasteiger partial charge in [-0.1, -0.05) is 34.1 Å². The molecule has 94 valence electrons. The van der Waals surface area contributed by atoms with Crippen molar-refractivity contribution in [1.82, 2.24) is 9.80 Å². The maximum absolute atomic E-state index is 3.63. The van der Waals surface area contributed by atoms with E-state index in [-0.39, 0.29) is 0 Å². The van der Waals surface area contributed by atoms with Crippen LogP contribution in [-0.4, -0.2) is 49.1 Å². The van der Waals surface area contributed by atoms with Gasteiger partial charge in [0.15, 0.2) is 0 Å². The van der Waals surface area contributed by atoms with E-state index in [9.17, 15) is 0 Å². The van der Waals surface area contributed by atoms with Crippen LogP contribution in [0.3, 0.4) is 0 Å². The summed E-state index contributed by atoms with van der Waals surface area (Å²) in [6, 6.07) is 9.18. The van der Waals surface area contributed by atoms with Gasteiger partial charge in [0.05, 0.1) is 0 Å². The van der Waals surface area contributed by atoms with E-state index in [2.05, 4.69) is 64.0 Å². The quantitative estimate of drug-likeness (QED) is 0.846. The van der Waals surface area contributed by atoms with Crippen molar-refractivity contribution >= 4 is 15.9 Å². The molecule has 1 heterocycles. The number of likely N-dealkylation sites (N-methyl/N-ethyl adjacent to an activating group) is 1. The van der Waals surface area contributed by atoms with Crippen LogP contribution in [0.4, 0.5) is 0 Å². The summed E-state index contributed by atoms with van der Waals surface area (Å²) >= 11 is 3.63. The zero-order valence-corrected chi connectivity index (χ0v) is 12.3. The molecule has 1 fully saturated rings. The van der Waals surface area contributed by atoms with Gasteiger partial charge in [-0.15, -0.1) is 0 Å². The molecule has 1 aromatic carbocycles. The first-order valence-corrected chi connectivity index (χ1v) is 7.12. The minimum absolute atomic E-state index is 0.627. The smallest absolute Gasteiger partial charge is 0.0207 e. The Kier molecular flexibility index (Phi) is 4.60. The molecule has 2 nitrogen and oxygen atoms in total. The molecule has 0 saturated carbocycles. The number of rotatable bonds is 3. The molecule has 2 rings (SSSR count). The standard InChI is InChI=1S/C14H21BrN2/c1-12(17-9-7-16(2)8-10-17)11-13-5-3-4-6-14(13)15/h3-6,12H,7-11H2,1-2H3. The van der Waals surface area contributed by atoms with Crippen molar-refractivity contribution < 1.29 is 0 Å². The Labute approximate surface area is 113 Å². The molecule has 1 saturated heterocycles. The van der Waals surface area contributed by atoms with Crippen LogP contribution in [0, 0.1) is 0 Å². The maximum atomic E-state index is 3.63. The van der Waals surface area contributed by atoms with E-state index in [1.165, 1.54) is 36.2 Å². The van der Waals surface area contributed by atoms with Gasteiger partial charge in [0.2, 0.25) is 0 Å². The van der Waals surface area contributed by atoms with E-state index in [0.29, 0.717) is 6.04 Å². The van der Waals surface area contributed by atoms with E-state index in [1.807, 2.05) is 0 Å². The van der Waals surface area contributed by atoms with Crippen molar-refractivity contribution in [2.75, 3.05) is 33.2 Å². The van der Waals surface area contributed by atoms with Crippen molar-refractivity contribution in [2.24, 2.45) is 0 Å². The van der Waals surface area contributed by atoms with Gasteiger partial charge >= 0.3 is 0 Å². The number of nitrogens with zero attached hydrogens (tertiary/aromatic N) is 2. The molecular weight excluding hydrogens is 276 g/mol. The summed E-state index contributed by atoms with van der Waals surface area (Å²) in [6.45, 7) is 7.12. The molecule has 0 bridgehead atoms. The van der Waals surface area contributed by atoms with Gasteiger partial charge in [0.1, 0.15) is 0 Å². The van der Waals surface area contributed by atoms with E-state index in [0.717, 1.165) is 6.42 Å². The third-order valence-electron chi connectivity index (χ3n) is 3.63. The van der Waals surface area contributed by atoms with Crippen LogP contribution in [0.15, 0.2) is 28.7 Å². The van der Waals surface area contributed by atoms with Crippen molar-refractivity contribution in [2.45, 2.75) is 19.4 Å². The first kappa shape index (κ1) is 13.1. The number of piperazine rings is 1. The minimum atomic E-state index is 0.627. The van der Waals surface area contributed by atoms with Crippen molar-refractivity contribution in [3.8, 4) is 0 Å². The van der Waals surface area contributed by atoms with Crippen LogP contribution in [0.2, 0.25) is 0 Å². The zero-order valence-electron chi connectivity index (χ0n) is 10.7. The van der Waals surface area contributed by atoms with E-state index < -0.39 is 0 Å². The number of hydrogen-bond acceptors (Lipinski definition) is 2. The Morgan fingerprint density at radius 1 is 1.18 bits per heavy atom. The number of hydrogen-bond donors (Lipinski definition) is 0. The summed E-state index contributed by atoms with van der Waals surface area (Å²) in [6.07, 6.45) is 1.13. The molecule has 0 aromatic heterocycles. The van der Waals surface area contributed by atoms with E-state index in [4.69, 9.17) is 0 Å². The van der Waals surface area contributed by atoms with Crippen molar-refractivity contribution in [3.05, 3.63) is 34.3 Å². The second-order valence-corrected chi connectivity index (χ2v) is 5.84. The largest absolute Gasteiger partial charge is 0.304 e. The Morgan fingerprint density at radius 2 is 1.82 bits per heavy atom. The average molecular weight is 297 g/mol. The fraction of sp³-hybridized carbons (Fsp3) is 0.571. The first-order chi connectivity index (χ1) is 8.16. The molecule has 3 heteroatoms. The van der Waals surface area contributed by atoms with Gasteiger partial charge in [-0.2, -0.15) is 0 Å². The predicted molar refractivity (Wildman–Crippen MR) is 76.4 cm³/mol. The Hall–Kier alpha value is -0.380. The summed E-state index contributed by atoms with van der Waals surface area (Å²) in [4.78, 5) is 5.00. The highest BCUT2D eigenvalue weighted by atomic mass is 79.9. The van der Waals surface area contributed by atoms with E-state index >= 15 is 0 Å². The second kappa shape index (κ2) is 5.98. The summed E-state index contributed by atoms with van der Waals surface area (Å²) in [5.74, 6) is 0. The van der Waals surface area contributed by atoms with Crippen molar-refractivity contribution in [3.63, 3.8) is 0 Å². The highest BCUT2D eigenvalue weighted by Crippen LogP contribution is 2.19. The lowest BCUT2D eigenvalue weighted by Crippen LogP contribution is -2.48. The highest BCUT2D eigenvalue weighted by molar-refractivity contribution is 9.10. The first-order valence-electron chi connectivity index (χ1n) is 6.33. The number of halogens is 1.